The third-order valence-electron chi connectivity index (χ3n) is 4.13. The van der Waals surface area contributed by atoms with Gasteiger partial charge in [-0.1, -0.05) is 0 Å². The number of piperidine rings is 1. The molecule has 0 aliphatic carbocycles. The van der Waals surface area contributed by atoms with Crippen LogP contribution < -0.4 is 0 Å². The molecule has 4 rings (SSSR count). The fourth-order valence-electron chi connectivity index (χ4n) is 2.91. The molecule has 1 fully saturated rings. The van der Waals surface area contributed by atoms with Crippen molar-refractivity contribution in [3.63, 3.8) is 0 Å². The lowest BCUT2D eigenvalue weighted by atomic mass is 9.96. The molecule has 0 atom stereocenters. The maximum atomic E-state index is 12.6. The first-order valence-corrected chi connectivity index (χ1v) is 7.27. The van der Waals surface area contributed by atoms with Crippen molar-refractivity contribution in [2.24, 2.45) is 0 Å². The summed E-state index contributed by atoms with van der Waals surface area (Å²) in [5, 5.41) is 11.2. The Hall–Kier alpha value is -2.77. The van der Waals surface area contributed by atoms with E-state index in [4.69, 9.17) is 0 Å². The van der Waals surface area contributed by atoms with Gasteiger partial charge in [-0.05, 0) is 35.4 Å². The van der Waals surface area contributed by atoms with Crippen LogP contribution in [0.15, 0.2) is 30.7 Å². The van der Waals surface area contributed by atoms with E-state index in [1.54, 1.807) is 29.0 Å². The van der Waals surface area contributed by atoms with Crippen molar-refractivity contribution in [2.75, 3.05) is 13.1 Å². The summed E-state index contributed by atoms with van der Waals surface area (Å²) in [7, 11) is 0. The number of hydrogen-bond donors (Lipinski definition) is 1. The SMILES string of the molecule is O=C(c1ccn2nnnc2c1)N1CCC(c2ncc[nH]2)CC1. The molecule has 0 aromatic carbocycles. The molecule has 3 aromatic heterocycles. The van der Waals surface area contributed by atoms with E-state index < -0.39 is 0 Å². The number of pyridine rings is 1. The molecule has 1 saturated heterocycles. The number of carbonyl (C=O) groups is 1. The molecule has 1 amide bonds. The van der Waals surface area contributed by atoms with E-state index in [-0.39, 0.29) is 5.91 Å². The number of likely N-dealkylation sites (tertiary alicyclic amines) is 1. The topological polar surface area (TPSA) is 92.1 Å². The van der Waals surface area contributed by atoms with Crippen LogP contribution in [0.5, 0.6) is 0 Å². The lowest BCUT2D eigenvalue weighted by molar-refractivity contribution is 0.0711. The van der Waals surface area contributed by atoms with E-state index >= 15 is 0 Å². The van der Waals surface area contributed by atoms with Crippen LogP contribution in [0.3, 0.4) is 0 Å². The van der Waals surface area contributed by atoms with Gasteiger partial charge in [0.15, 0.2) is 5.65 Å². The molecule has 0 spiro atoms. The zero-order valence-electron chi connectivity index (χ0n) is 11.9. The number of tetrazole rings is 1. The van der Waals surface area contributed by atoms with E-state index in [2.05, 4.69) is 25.5 Å². The van der Waals surface area contributed by atoms with Crippen molar-refractivity contribution < 1.29 is 4.79 Å². The summed E-state index contributed by atoms with van der Waals surface area (Å²) in [5.41, 5.74) is 1.20. The first kappa shape index (κ1) is 12.9. The quantitative estimate of drug-likeness (QED) is 0.757. The number of carbonyl (C=O) groups excluding carboxylic acids is 1. The zero-order chi connectivity index (χ0) is 14.9. The van der Waals surface area contributed by atoms with Gasteiger partial charge in [-0.3, -0.25) is 4.79 Å². The van der Waals surface area contributed by atoms with Crippen LogP contribution in [-0.4, -0.2) is 53.9 Å². The predicted octanol–water partition coefficient (Wildman–Crippen LogP) is 0.867. The summed E-state index contributed by atoms with van der Waals surface area (Å²) in [6.07, 6.45) is 7.17. The van der Waals surface area contributed by atoms with Gasteiger partial charge in [0.05, 0.1) is 0 Å². The summed E-state index contributed by atoms with van der Waals surface area (Å²) >= 11 is 0. The fourth-order valence-corrected chi connectivity index (χ4v) is 2.91. The Labute approximate surface area is 126 Å². The molecule has 8 nitrogen and oxygen atoms in total. The van der Waals surface area contributed by atoms with Crippen molar-refractivity contribution in [3.8, 4) is 0 Å². The van der Waals surface area contributed by atoms with Gasteiger partial charge in [0.1, 0.15) is 5.82 Å². The number of hydrogen-bond acceptors (Lipinski definition) is 5. The van der Waals surface area contributed by atoms with Gasteiger partial charge in [-0.15, -0.1) is 5.10 Å². The van der Waals surface area contributed by atoms with Gasteiger partial charge >= 0.3 is 0 Å². The smallest absolute Gasteiger partial charge is 0.254 e. The minimum absolute atomic E-state index is 0.0309. The highest BCUT2D eigenvalue weighted by Gasteiger charge is 2.25. The molecular weight excluding hydrogens is 282 g/mol. The maximum absolute atomic E-state index is 12.6. The number of imidazole rings is 1. The standard InChI is InChI=1S/C14H15N7O/c22-14(11-3-8-21-12(9-11)17-18-19-21)20-6-1-10(2-7-20)13-15-4-5-16-13/h3-5,8-10H,1-2,6-7H2,(H,15,16). The second kappa shape index (κ2) is 5.21. The summed E-state index contributed by atoms with van der Waals surface area (Å²) in [5.74, 6) is 1.45. The minimum Gasteiger partial charge on any atom is -0.348 e. The number of nitrogens with zero attached hydrogens (tertiary/aromatic N) is 6. The summed E-state index contributed by atoms with van der Waals surface area (Å²) in [4.78, 5) is 21.9. The van der Waals surface area contributed by atoms with Crippen LogP contribution in [0.25, 0.3) is 5.65 Å². The highest BCUT2D eigenvalue weighted by Crippen LogP contribution is 2.26. The molecule has 0 radical (unpaired) electrons. The van der Waals surface area contributed by atoms with Crippen molar-refractivity contribution >= 4 is 11.6 Å². The maximum Gasteiger partial charge on any atom is 0.254 e. The summed E-state index contributed by atoms with van der Waals surface area (Å²) in [6, 6.07) is 3.48. The van der Waals surface area contributed by atoms with Gasteiger partial charge in [-0.25, -0.2) is 9.50 Å². The molecule has 4 heterocycles. The highest BCUT2D eigenvalue weighted by molar-refractivity contribution is 5.95. The number of aromatic amines is 1. The number of H-pyrrole nitrogens is 1. The lowest BCUT2D eigenvalue weighted by Gasteiger charge is -2.31. The third-order valence-corrected chi connectivity index (χ3v) is 4.13. The predicted molar refractivity (Wildman–Crippen MR) is 77.2 cm³/mol. The molecule has 1 N–H and O–H groups in total. The zero-order valence-corrected chi connectivity index (χ0v) is 11.9. The first-order chi connectivity index (χ1) is 10.8. The van der Waals surface area contributed by atoms with Crippen molar-refractivity contribution in [2.45, 2.75) is 18.8 Å². The molecule has 112 valence electrons. The van der Waals surface area contributed by atoms with Crippen LogP contribution in [0.1, 0.15) is 34.9 Å². The molecule has 1 aliphatic rings. The van der Waals surface area contributed by atoms with Gasteiger partial charge in [-0.2, -0.15) is 0 Å². The highest BCUT2D eigenvalue weighted by atomic mass is 16.2. The average Bonchev–Trinajstić information content (AvgIpc) is 3.25. The number of nitrogens with one attached hydrogen (secondary N) is 1. The number of aromatic nitrogens is 6. The van der Waals surface area contributed by atoms with Crippen LogP contribution in [0.2, 0.25) is 0 Å². The Morgan fingerprint density at radius 1 is 1.32 bits per heavy atom. The lowest BCUT2D eigenvalue weighted by Crippen LogP contribution is -2.38. The van der Waals surface area contributed by atoms with E-state index in [0.29, 0.717) is 17.1 Å². The summed E-state index contributed by atoms with van der Waals surface area (Å²) in [6.45, 7) is 1.47. The first-order valence-electron chi connectivity index (χ1n) is 7.27. The minimum atomic E-state index is 0.0309. The van der Waals surface area contributed by atoms with Gasteiger partial charge in [0.2, 0.25) is 0 Å². The van der Waals surface area contributed by atoms with Gasteiger partial charge in [0.25, 0.3) is 5.91 Å². The van der Waals surface area contributed by atoms with E-state index in [1.807, 2.05) is 11.1 Å². The van der Waals surface area contributed by atoms with Gasteiger partial charge < -0.3 is 9.88 Å². The van der Waals surface area contributed by atoms with Crippen molar-refractivity contribution in [1.82, 2.24) is 34.9 Å². The molecule has 1 aliphatic heterocycles. The number of rotatable bonds is 2. The molecule has 0 bridgehead atoms. The van der Waals surface area contributed by atoms with Crippen molar-refractivity contribution in [3.05, 3.63) is 42.1 Å². The van der Waals surface area contributed by atoms with Gasteiger partial charge in [0, 0.05) is 43.2 Å². The monoisotopic (exact) mass is 297 g/mol. The largest absolute Gasteiger partial charge is 0.348 e. The number of fused-ring (bicyclic) bond motifs is 1. The van der Waals surface area contributed by atoms with Crippen LogP contribution in [-0.2, 0) is 0 Å². The Kier molecular flexibility index (Phi) is 3.06. The van der Waals surface area contributed by atoms with Crippen LogP contribution >= 0.6 is 0 Å². The fraction of sp³-hybridized carbons (Fsp3) is 0.357. The van der Waals surface area contributed by atoms with E-state index in [0.717, 1.165) is 31.8 Å². The third kappa shape index (κ3) is 2.22. The second-order valence-electron chi connectivity index (χ2n) is 5.44. The van der Waals surface area contributed by atoms with Crippen LogP contribution in [0.4, 0.5) is 0 Å². The molecule has 3 aromatic rings. The average molecular weight is 297 g/mol. The second-order valence-corrected chi connectivity index (χ2v) is 5.44. The Bertz CT molecular complexity index is 786. The van der Waals surface area contributed by atoms with E-state index in [9.17, 15) is 4.79 Å². The van der Waals surface area contributed by atoms with Crippen molar-refractivity contribution in [1.29, 1.82) is 0 Å². The Morgan fingerprint density at radius 3 is 2.95 bits per heavy atom. The molecule has 0 unspecified atom stereocenters. The Morgan fingerprint density at radius 2 is 2.18 bits per heavy atom. The van der Waals surface area contributed by atoms with E-state index in [1.165, 1.54) is 0 Å². The molecular formula is C14H15N7O. The molecule has 8 heteroatoms. The normalized spacial score (nSPS) is 16.3. The van der Waals surface area contributed by atoms with Crippen LogP contribution in [0, 0.1) is 0 Å². The summed E-state index contributed by atoms with van der Waals surface area (Å²) < 4.78 is 1.54. The Balaban J connectivity index is 1.47. The number of amides is 1. The molecule has 0 saturated carbocycles. The molecule has 22 heavy (non-hydrogen) atoms.